The largest absolute Gasteiger partial charge is 0.423 e. The number of likely N-dealkylation sites (N-methyl/N-ethyl adjacent to an activating group) is 1. The molecule has 0 saturated carbocycles. The van der Waals surface area contributed by atoms with Crippen LogP contribution >= 0.6 is 0 Å². The summed E-state index contributed by atoms with van der Waals surface area (Å²) in [4.78, 5) is 21.6. The first-order chi connectivity index (χ1) is 12.2. The molecule has 1 aromatic heterocycles. The van der Waals surface area contributed by atoms with Gasteiger partial charge < -0.3 is 19.5 Å². The molecule has 0 radical (unpaired) electrons. The highest BCUT2D eigenvalue weighted by molar-refractivity contribution is 5.79. The average Bonchev–Trinajstić information content (AvgIpc) is 3.12. The van der Waals surface area contributed by atoms with E-state index in [1.807, 2.05) is 31.3 Å². The van der Waals surface area contributed by atoms with Crippen LogP contribution in [0, 0.1) is 5.92 Å². The molecule has 2 saturated heterocycles. The van der Waals surface area contributed by atoms with Gasteiger partial charge in [-0.15, -0.1) is 0 Å². The number of anilines is 1. The lowest BCUT2D eigenvalue weighted by Gasteiger charge is -2.37. The molecule has 0 spiro atoms. The number of aromatic nitrogens is 1. The van der Waals surface area contributed by atoms with E-state index >= 15 is 0 Å². The zero-order valence-electron chi connectivity index (χ0n) is 14.8. The number of hydrogen-bond acceptors (Lipinski definition) is 5. The predicted octanol–water partition coefficient (Wildman–Crippen LogP) is 2.25. The van der Waals surface area contributed by atoms with Crippen LogP contribution in [0.4, 0.5) is 6.01 Å². The van der Waals surface area contributed by atoms with Crippen molar-refractivity contribution in [1.82, 2.24) is 15.2 Å². The summed E-state index contributed by atoms with van der Waals surface area (Å²) < 4.78 is 5.86. The molecule has 2 aliphatic heterocycles. The number of nitrogens with one attached hydrogen (secondary N) is 1. The molecule has 2 aliphatic rings. The Morgan fingerprint density at radius 2 is 2.00 bits per heavy atom. The molecule has 2 aromatic rings. The minimum Gasteiger partial charge on any atom is -0.423 e. The first-order valence-electron chi connectivity index (χ1n) is 9.31. The maximum atomic E-state index is 12.8. The summed E-state index contributed by atoms with van der Waals surface area (Å²) in [5.41, 5.74) is 1.71. The molecule has 2 fully saturated rings. The summed E-state index contributed by atoms with van der Waals surface area (Å²) in [5, 5.41) is 3.31. The van der Waals surface area contributed by atoms with Crippen LogP contribution in [0.3, 0.4) is 0 Å². The van der Waals surface area contributed by atoms with E-state index in [-0.39, 0.29) is 5.92 Å². The topological polar surface area (TPSA) is 61.6 Å². The van der Waals surface area contributed by atoms with E-state index < -0.39 is 0 Å². The van der Waals surface area contributed by atoms with Gasteiger partial charge in [0.2, 0.25) is 5.91 Å². The zero-order valence-corrected chi connectivity index (χ0v) is 14.8. The van der Waals surface area contributed by atoms with Crippen molar-refractivity contribution in [2.75, 3.05) is 38.1 Å². The second-order valence-electron chi connectivity index (χ2n) is 7.14. The summed E-state index contributed by atoms with van der Waals surface area (Å²) in [6.07, 6.45) is 4.01. The molecule has 25 heavy (non-hydrogen) atoms. The van der Waals surface area contributed by atoms with E-state index in [9.17, 15) is 4.79 Å². The zero-order chi connectivity index (χ0) is 17.2. The number of amides is 1. The Kier molecular flexibility index (Phi) is 4.61. The first-order valence-corrected chi connectivity index (χ1v) is 9.31. The summed E-state index contributed by atoms with van der Waals surface area (Å²) in [5.74, 6) is 0.466. The number of piperidine rings is 2. The molecular formula is C19H26N4O2. The number of fused-ring (bicyclic) bond motifs is 1. The number of carbonyl (C=O) groups excluding carboxylic acids is 1. The third-order valence-corrected chi connectivity index (χ3v) is 5.54. The van der Waals surface area contributed by atoms with Gasteiger partial charge in [-0.2, -0.15) is 4.98 Å². The van der Waals surface area contributed by atoms with Crippen molar-refractivity contribution in [2.24, 2.45) is 5.92 Å². The Bertz CT molecular complexity index is 703. The molecule has 0 aliphatic carbocycles. The van der Waals surface area contributed by atoms with Crippen LogP contribution in [0.1, 0.15) is 25.7 Å². The number of likely N-dealkylation sites (tertiary alicyclic amines) is 1. The highest BCUT2D eigenvalue weighted by Gasteiger charge is 2.32. The van der Waals surface area contributed by atoms with E-state index in [0.717, 1.165) is 63.0 Å². The van der Waals surface area contributed by atoms with Gasteiger partial charge >= 0.3 is 0 Å². The second kappa shape index (κ2) is 7.04. The number of carbonyl (C=O) groups is 1. The maximum Gasteiger partial charge on any atom is 0.298 e. The van der Waals surface area contributed by atoms with Crippen molar-refractivity contribution >= 4 is 23.0 Å². The summed E-state index contributed by atoms with van der Waals surface area (Å²) in [7, 11) is 1.98. The highest BCUT2D eigenvalue weighted by atomic mass is 16.4. The third kappa shape index (κ3) is 3.35. The van der Waals surface area contributed by atoms with Gasteiger partial charge in [0.15, 0.2) is 5.58 Å². The summed E-state index contributed by atoms with van der Waals surface area (Å²) in [6.45, 7) is 3.40. The van der Waals surface area contributed by atoms with Gasteiger partial charge in [-0.25, -0.2) is 0 Å². The minimum absolute atomic E-state index is 0.135. The summed E-state index contributed by atoms with van der Waals surface area (Å²) in [6, 6.07) is 8.96. The van der Waals surface area contributed by atoms with Gasteiger partial charge in [0.25, 0.3) is 6.01 Å². The van der Waals surface area contributed by atoms with Crippen LogP contribution < -0.4 is 10.2 Å². The van der Waals surface area contributed by atoms with Crippen molar-refractivity contribution in [3.8, 4) is 0 Å². The van der Waals surface area contributed by atoms with Gasteiger partial charge in [-0.05, 0) is 44.9 Å². The molecule has 4 rings (SSSR count). The van der Waals surface area contributed by atoms with E-state index in [1.165, 1.54) is 0 Å². The summed E-state index contributed by atoms with van der Waals surface area (Å²) >= 11 is 0. The van der Waals surface area contributed by atoms with Crippen LogP contribution in [0.2, 0.25) is 0 Å². The third-order valence-electron chi connectivity index (χ3n) is 5.54. The Morgan fingerprint density at radius 1 is 1.20 bits per heavy atom. The fourth-order valence-electron chi connectivity index (χ4n) is 3.98. The Balaban J connectivity index is 1.37. The van der Waals surface area contributed by atoms with Gasteiger partial charge in [-0.3, -0.25) is 4.79 Å². The van der Waals surface area contributed by atoms with Gasteiger partial charge in [0, 0.05) is 38.1 Å². The van der Waals surface area contributed by atoms with Crippen molar-refractivity contribution in [3.63, 3.8) is 0 Å². The van der Waals surface area contributed by atoms with Crippen LogP contribution in [0.5, 0.6) is 0 Å². The fourth-order valence-corrected chi connectivity index (χ4v) is 3.98. The van der Waals surface area contributed by atoms with Crippen LogP contribution in [0.15, 0.2) is 28.7 Å². The van der Waals surface area contributed by atoms with Gasteiger partial charge in [0.05, 0.1) is 0 Å². The molecule has 1 N–H and O–H groups in total. The molecular weight excluding hydrogens is 316 g/mol. The van der Waals surface area contributed by atoms with Crippen molar-refractivity contribution in [3.05, 3.63) is 24.3 Å². The Labute approximate surface area is 148 Å². The fraction of sp³-hybridized carbons (Fsp3) is 0.579. The van der Waals surface area contributed by atoms with Crippen LogP contribution in [0.25, 0.3) is 11.1 Å². The smallest absolute Gasteiger partial charge is 0.298 e. The molecule has 1 atom stereocenters. The average molecular weight is 342 g/mol. The molecule has 6 nitrogen and oxygen atoms in total. The van der Waals surface area contributed by atoms with Crippen LogP contribution in [-0.4, -0.2) is 55.1 Å². The highest BCUT2D eigenvalue weighted by Crippen LogP contribution is 2.27. The molecule has 0 bridgehead atoms. The Morgan fingerprint density at radius 3 is 2.76 bits per heavy atom. The molecule has 134 valence electrons. The minimum atomic E-state index is 0.135. The monoisotopic (exact) mass is 342 g/mol. The normalized spacial score (nSPS) is 22.5. The lowest BCUT2D eigenvalue weighted by molar-refractivity contribution is -0.137. The Hall–Kier alpha value is -2.08. The quantitative estimate of drug-likeness (QED) is 0.927. The van der Waals surface area contributed by atoms with Crippen molar-refractivity contribution < 1.29 is 9.21 Å². The lowest BCUT2D eigenvalue weighted by atomic mass is 9.94. The van der Waals surface area contributed by atoms with Crippen LogP contribution in [-0.2, 0) is 4.79 Å². The number of nitrogens with zero attached hydrogens (tertiary/aromatic N) is 3. The number of para-hydroxylation sites is 2. The molecule has 3 heterocycles. The lowest BCUT2D eigenvalue weighted by Crippen LogP contribution is -2.50. The number of hydrogen-bond donors (Lipinski definition) is 1. The number of benzene rings is 1. The second-order valence-corrected chi connectivity index (χ2v) is 7.14. The van der Waals surface area contributed by atoms with Crippen molar-refractivity contribution in [2.45, 2.75) is 31.7 Å². The molecule has 6 heteroatoms. The molecule has 1 unspecified atom stereocenters. The van der Waals surface area contributed by atoms with E-state index in [0.29, 0.717) is 18.0 Å². The SMILES string of the molecule is CNC1CCCN(C(=O)C2CCN(c3nc4ccccc4o3)CC2)C1. The van der Waals surface area contributed by atoms with Gasteiger partial charge in [0.1, 0.15) is 5.52 Å². The molecule has 1 aromatic carbocycles. The predicted molar refractivity (Wildman–Crippen MR) is 97.6 cm³/mol. The number of oxazole rings is 1. The first kappa shape index (κ1) is 16.4. The van der Waals surface area contributed by atoms with E-state index in [2.05, 4.69) is 20.1 Å². The molecule has 1 amide bonds. The maximum absolute atomic E-state index is 12.8. The standard InChI is InChI=1S/C19H26N4O2/c1-20-15-5-4-10-23(13-15)18(24)14-8-11-22(12-9-14)19-21-16-6-2-3-7-17(16)25-19/h2-3,6-7,14-15,20H,4-5,8-13H2,1H3. The number of rotatable bonds is 3. The van der Waals surface area contributed by atoms with Gasteiger partial charge in [-0.1, -0.05) is 12.1 Å². The van der Waals surface area contributed by atoms with E-state index in [1.54, 1.807) is 0 Å². The van der Waals surface area contributed by atoms with Crippen molar-refractivity contribution in [1.29, 1.82) is 0 Å². The van der Waals surface area contributed by atoms with E-state index in [4.69, 9.17) is 4.42 Å².